The average Bonchev–Trinajstić information content (AvgIpc) is 3.30. The molecule has 0 radical (unpaired) electrons. The van der Waals surface area contributed by atoms with Crippen LogP contribution in [-0.4, -0.2) is 39.0 Å². The first-order chi connectivity index (χ1) is 12.5. The fourth-order valence-electron chi connectivity index (χ4n) is 3.52. The van der Waals surface area contributed by atoms with Crippen LogP contribution >= 0.6 is 0 Å². The first kappa shape index (κ1) is 16.1. The van der Waals surface area contributed by atoms with E-state index in [2.05, 4.69) is 5.32 Å². The van der Waals surface area contributed by atoms with Crippen molar-refractivity contribution in [2.75, 3.05) is 6.54 Å². The number of nitrogens with one attached hydrogen (secondary N) is 1. The Labute approximate surface area is 148 Å². The number of fused-ring (bicyclic) bond motifs is 2. The van der Waals surface area contributed by atoms with Gasteiger partial charge >= 0.3 is 5.97 Å². The van der Waals surface area contributed by atoms with E-state index < -0.39 is 29.7 Å². The van der Waals surface area contributed by atoms with Crippen LogP contribution in [0.3, 0.4) is 0 Å². The van der Waals surface area contributed by atoms with Gasteiger partial charge in [-0.25, -0.2) is 0 Å². The molecule has 2 heterocycles. The summed E-state index contributed by atoms with van der Waals surface area (Å²) in [6.07, 6.45) is 1.20. The highest BCUT2D eigenvalue weighted by molar-refractivity contribution is 6.26. The van der Waals surface area contributed by atoms with Crippen LogP contribution in [0.25, 0.3) is 11.3 Å². The van der Waals surface area contributed by atoms with E-state index in [0.717, 1.165) is 11.3 Å². The first-order valence-electron chi connectivity index (χ1n) is 8.22. The van der Waals surface area contributed by atoms with Crippen LogP contribution in [0.2, 0.25) is 0 Å². The summed E-state index contributed by atoms with van der Waals surface area (Å²) < 4.78 is 1.80. The summed E-state index contributed by atoms with van der Waals surface area (Å²) in [5, 5.41) is 21.6. The zero-order chi connectivity index (χ0) is 18.5. The number of hydrogen-bond donors (Lipinski definition) is 3. The molecular weight excluding hydrogens is 336 g/mol. The lowest BCUT2D eigenvalue weighted by molar-refractivity contribution is -0.137. The standard InChI is InChI=1S/C19H16N2O5/c22-14(23)10-20-18(26)15-16(24)13-7-6-12(11-4-2-1-3-5-11)21(13)19(8-9-19)17(15)25/h1-7,25H,8-10H2,(H,20,26)(H,22,23). The maximum absolute atomic E-state index is 12.8. The average molecular weight is 352 g/mol. The predicted molar refractivity (Wildman–Crippen MR) is 91.7 cm³/mol. The number of Topliss-reactive ketones (excluding diaryl/α,β-unsaturated/α-hetero) is 1. The maximum atomic E-state index is 12.8. The van der Waals surface area contributed by atoms with Gasteiger partial charge in [-0.3, -0.25) is 14.4 Å². The molecule has 7 heteroatoms. The van der Waals surface area contributed by atoms with Crippen molar-refractivity contribution in [1.29, 1.82) is 0 Å². The molecule has 0 saturated heterocycles. The minimum atomic E-state index is -1.22. The van der Waals surface area contributed by atoms with Gasteiger partial charge in [-0.2, -0.15) is 0 Å². The lowest BCUT2D eigenvalue weighted by Crippen LogP contribution is -2.40. The Bertz CT molecular complexity index is 967. The van der Waals surface area contributed by atoms with Gasteiger partial charge in [-0.05, 0) is 30.5 Å². The van der Waals surface area contributed by atoms with Gasteiger partial charge in [0.2, 0.25) is 5.78 Å². The molecule has 4 rings (SSSR count). The predicted octanol–water partition coefficient (Wildman–Crippen LogP) is 1.85. The number of amides is 1. The van der Waals surface area contributed by atoms with Gasteiger partial charge in [0.25, 0.3) is 5.91 Å². The van der Waals surface area contributed by atoms with Crippen LogP contribution in [0, 0.1) is 0 Å². The van der Waals surface area contributed by atoms with E-state index in [0.29, 0.717) is 18.5 Å². The number of rotatable bonds is 4. The number of carbonyl (C=O) groups is 3. The van der Waals surface area contributed by atoms with Crippen molar-refractivity contribution >= 4 is 17.7 Å². The Balaban J connectivity index is 1.80. The van der Waals surface area contributed by atoms with Crippen LogP contribution in [-0.2, 0) is 15.1 Å². The largest absolute Gasteiger partial charge is 0.509 e. The molecule has 7 nitrogen and oxygen atoms in total. The molecule has 1 aromatic carbocycles. The Morgan fingerprint density at radius 3 is 2.35 bits per heavy atom. The zero-order valence-corrected chi connectivity index (χ0v) is 13.7. The molecule has 1 spiro atoms. The summed E-state index contributed by atoms with van der Waals surface area (Å²) >= 11 is 0. The molecule has 0 unspecified atom stereocenters. The van der Waals surface area contributed by atoms with E-state index in [1.54, 1.807) is 16.7 Å². The monoisotopic (exact) mass is 352 g/mol. The molecule has 2 aliphatic rings. The Kier molecular flexibility index (Phi) is 3.47. The van der Waals surface area contributed by atoms with Crippen molar-refractivity contribution in [3.63, 3.8) is 0 Å². The van der Waals surface area contributed by atoms with Gasteiger partial charge in [0.1, 0.15) is 23.4 Å². The maximum Gasteiger partial charge on any atom is 0.322 e. The smallest absolute Gasteiger partial charge is 0.322 e. The van der Waals surface area contributed by atoms with Crippen molar-refractivity contribution in [2.24, 2.45) is 0 Å². The lowest BCUT2D eigenvalue weighted by Gasteiger charge is -2.29. The van der Waals surface area contributed by atoms with E-state index in [1.165, 1.54) is 0 Å². The third-order valence-corrected chi connectivity index (χ3v) is 4.87. The summed E-state index contributed by atoms with van der Waals surface area (Å²) in [5.74, 6) is -2.98. The summed E-state index contributed by atoms with van der Waals surface area (Å²) in [6.45, 7) is -0.619. The van der Waals surface area contributed by atoms with E-state index in [1.807, 2.05) is 30.3 Å². The minimum absolute atomic E-state index is 0.286. The fourth-order valence-corrected chi connectivity index (χ4v) is 3.52. The van der Waals surface area contributed by atoms with Crippen LogP contribution in [0.15, 0.2) is 53.8 Å². The Morgan fingerprint density at radius 1 is 1.08 bits per heavy atom. The van der Waals surface area contributed by atoms with Crippen LogP contribution in [0.5, 0.6) is 0 Å². The summed E-state index contributed by atoms with van der Waals surface area (Å²) in [7, 11) is 0. The van der Waals surface area contributed by atoms with Gasteiger partial charge in [0.05, 0.1) is 5.69 Å². The second-order valence-electron chi connectivity index (χ2n) is 6.47. The number of allylic oxidation sites excluding steroid dienone is 1. The summed E-state index contributed by atoms with van der Waals surface area (Å²) in [4.78, 5) is 35.8. The van der Waals surface area contributed by atoms with Crippen molar-refractivity contribution < 1.29 is 24.6 Å². The van der Waals surface area contributed by atoms with Gasteiger partial charge in [-0.1, -0.05) is 30.3 Å². The third-order valence-electron chi connectivity index (χ3n) is 4.87. The molecule has 2 aromatic rings. The van der Waals surface area contributed by atoms with Crippen LogP contribution in [0.4, 0.5) is 0 Å². The number of aliphatic hydroxyl groups excluding tert-OH is 1. The Morgan fingerprint density at radius 2 is 1.73 bits per heavy atom. The molecule has 3 N–H and O–H groups in total. The van der Waals surface area contributed by atoms with Gasteiger partial charge in [0, 0.05) is 5.69 Å². The summed E-state index contributed by atoms with van der Waals surface area (Å²) in [6, 6.07) is 12.9. The fraction of sp³-hybridized carbons (Fsp3) is 0.211. The summed E-state index contributed by atoms with van der Waals surface area (Å²) in [5.41, 5.74) is 0.842. The first-order valence-corrected chi connectivity index (χ1v) is 8.22. The number of carboxylic acid groups (broad SMARTS) is 1. The third kappa shape index (κ3) is 2.24. The number of carboxylic acids is 1. The van der Waals surface area contributed by atoms with E-state index in [9.17, 15) is 19.5 Å². The topological polar surface area (TPSA) is 109 Å². The number of aliphatic carboxylic acids is 1. The number of aromatic nitrogens is 1. The van der Waals surface area contributed by atoms with E-state index in [-0.39, 0.29) is 11.3 Å². The number of benzene rings is 1. The second-order valence-corrected chi connectivity index (χ2v) is 6.47. The zero-order valence-electron chi connectivity index (χ0n) is 13.7. The van der Waals surface area contributed by atoms with Crippen molar-refractivity contribution in [3.05, 3.63) is 59.5 Å². The SMILES string of the molecule is O=C(O)CNC(=O)C1=C(O)C2(CC2)n2c(ccc2-c2ccccc2)C1=O. The van der Waals surface area contributed by atoms with Crippen molar-refractivity contribution in [1.82, 2.24) is 9.88 Å². The molecule has 1 aliphatic carbocycles. The van der Waals surface area contributed by atoms with Crippen molar-refractivity contribution in [2.45, 2.75) is 18.4 Å². The molecular formula is C19H16N2O5. The lowest BCUT2D eigenvalue weighted by atomic mass is 9.96. The highest BCUT2D eigenvalue weighted by Crippen LogP contribution is 2.54. The highest BCUT2D eigenvalue weighted by Gasteiger charge is 2.56. The molecule has 0 atom stereocenters. The second kappa shape index (κ2) is 5.59. The number of ketones is 1. The van der Waals surface area contributed by atoms with Crippen molar-refractivity contribution in [3.8, 4) is 11.3 Å². The molecule has 26 heavy (non-hydrogen) atoms. The molecule has 1 aromatic heterocycles. The Hall–Kier alpha value is -3.35. The minimum Gasteiger partial charge on any atom is -0.509 e. The molecule has 1 amide bonds. The molecule has 0 bridgehead atoms. The van der Waals surface area contributed by atoms with Gasteiger partial charge in [0.15, 0.2) is 0 Å². The van der Waals surface area contributed by atoms with E-state index >= 15 is 0 Å². The van der Waals surface area contributed by atoms with Crippen LogP contribution < -0.4 is 5.32 Å². The molecule has 132 valence electrons. The number of hydrogen-bond acceptors (Lipinski definition) is 4. The van der Waals surface area contributed by atoms with Crippen LogP contribution in [0.1, 0.15) is 23.3 Å². The number of nitrogens with zero attached hydrogens (tertiary/aromatic N) is 1. The van der Waals surface area contributed by atoms with Gasteiger partial charge in [-0.15, -0.1) is 0 Å². The molecule has 1 aliphatic heterocycles. The number of aliphatic hydroxyl groups is 1. The highest BCUT2D eigenvalue weighted by atomic mass is 16.4. The van der Waals surface area contributed by atoms with Gasteiger partial charge < -0.3 is 20.1 Å². The normalized spacial score (nSPS) is 17.2. The molecule has 1 saturated carbocycles. The number of carbonyl (C=O) groups excluding carboxylic acids is 2. The molecule has 1 fully saturated rings. The quantitative estimate of drug-likeness (QED) is 0.728. The van der Waals surface area contributed by atoms with E-state index in [4.69, 9.17) is 5.11 Å².